The van der Waals surface area contributed by atoms with Crippen molar-refractivity contribution in [3.8, 4) is 0 Å². The third-order valence-corrected chi connectivity index (χ3v) is 1.64. The Labute approximate surface area is 70.1 Å². The predicted molar refractivity (Wildman–Crippen MR) is 40.7 cm³/mol. The van der Waals surface area contributed by atoms with Gasteiger partial charge in [0.2, 0.25) is 5.91 Å². The highest BCUT2D eigenvalue weighted by Gasteiger charge is 2.29. The van der Waals surface area contributed by atoms with Crippen molar-refractivity contribution in [1.29, 1.82) is 0 Å². The minimum Gasteiger partial charge on any atom is -0.383 e. The Kier molecular flexibility index (Phi) is 2.65. The van der Waals surface area contributed by atoms with E-state index in [9.17, 15) is 9.59 Å². The molecule has 0 aliphatic heterocycles. The molecule has 0 bridgehead atoms. The summed E-state index contributed by atoms with van der Waals surface area (Å²) in [5.74, 6) is -0.715. The van der Waals surface area contributed by atoms with Crippen molar-refractivity contribution in [1.82, 2.24) is 10.9 Å². The minimum absolute atomic E-state index is 0.0549. The van der Waals surface area contributed by atoms with Crippen LogP contribution in [0.3, 0.4) is 0 Å². The molecule has 3 N–H and O–H groups in total. The molecule has 0 aromatic heterocycles. The van der Waals surface area contributed by atoms with E-state index in [0.717, 1.165) is 12.8 Å². The molecule has 1 atom stereocenters. The van der Waals surface area contributed by atoms with Crippen LogP contribution in [0.4, 0.5) is 0 Å². The summed E-state index contributed by atoms with van der Waals surface area (Å²) in [5, 5.41) is 8.72. The van der Waals surface area contributed by atoms with Gasteiger partial charge in [-0.25, -0.2) is 0 Å². The third-order valence-electron chi connectivity index (χ3n) is 1.64. The molecule has 0 saturated heterocycles. The molecule has 1 fully saturated rings. The van der Waals surface area contributed by atoms with Crippen LogP contribution in [0.25, 0.3) is 0 Å². The number of aliphatic hydroxyl groups excluding tert-OH is 1. The Bertz CT molecular complexity index is 185. The minimum atomic E-state index is -1.09. The molecule has 0 aromatic rings. The van der Waals surface area contributed by atoms with Crippen molar-refractivity contribution in [3.05, 3.63) is 0 Å². The summed E-state index contributed by atoms with van der Waals surface area (Å²) >= 11 is 0. The van der Waals surface area contributed by atoms with Gasteiger partial charge < -0.3 is 5.11 Å². The van der Waals surface area contributed by atoms with Crippen molar-refractivity contribution < 1.29 is 14.7 Å². The third kappa shape index (κ3) is 2.50. The van der Waals surface area contributed by atoms with Gasteiger partial charge in [0.15, 0.2) is 0 Å². The molecule has 1 saturated carbocycles. The summed E-state index contributed by atoms with van der Waals surface area (Å²) < 4.78 is 0. The zero-order chi connectivity index (χ0) is 9.14. The highest BCUT2D eigenvalue weighted by molar-refractivity contribution is 5.86. The zero-order valence-corrected chi connectivity index (χ0v) is 6.83. The van der Waals surface area contributed by atoms with Crippen LogP contribution in [0.1, 0.15) is 19.8 Å². The number of aliphatic hydroxyl groups is 1. The number of carbonyl (C=O) groups excluding carboxylic acids is 2. The molecule has 5 nitrogen and oxygen atoms in total. The first-order chi connectivity index (χ1) is 5.61. The lowest BCUT2D eigenvalue weighted by molar-refractivity contribution is -0.134. The lowest BCUT2D eigenvalue weighted by Gasteiger charge is -2.07. The van der Waals surface area contributed by atoms with E-state index in [4.69, 9.17) is 5.11 Å². The van der Waals surface area contributed by atoms with Crippen LogP contribution < -0.4 is 10.9 Å². The van der Waals surface area contributed by atoms with Crippen molar-refractivity contribution >= 4 is 11.8 Å². The molecule has 0 spiro atoms. The molecular weight excluding hydrogens is 160 g/mol. The van der Waals surface area contributed by atoms with Gasteiger partial charge in [0.1, 0.15) is 6.10 Å². The Hall–Kier alpha value is -1.10. The van der Waals surface area contributed by atoms with E-state index in [1.807, 2.05) is 0 Å². The van der Waals surface area contributed by atoms with E-state index in [1.54, 1.807) is 0 Å². The first kappa shape index (κ1) is 8.99. The molecule has 2 amide bonds. The van der Waals surface area contributed by atoms with Crippen LogP contribution in [0, 0.1) is 5.92 Å². The van der Waals surface area contributed by atoms with E-state index >= 15 is 0 Å². The van der Waals surface area contributed by atoms with Crippen molar-refractivity contribution in [2.24, 2.45) is 5.92 Å². The number of carbonyl (C=O) groups is 2. The Morgan fingerprint density at radius 2 is 2.00 bits per heavy atom. The van der Waals surface area contributed by atoms with Gasteiger partial charge >= 0.3 is 0 Å². The molecule has 0 heterocycles. The maximum Gasteiger partial charge on any atom is 0.266 e. The van der Waals surface area contributed by atoms with Gasteiger partial charge in [-0.15, -0.1) is 0 Å². The fourth-order valence-corrected chi connectivity index (χ4v) is 0.675. The molecule has 0 radical (unpaired) electrons. The fraction of sp³-hybridized carbons (Fsp3) is 0.714. The second-order valence-corrected chi connectivity index (χ2v) is 2.93. The number of amides is 2. The highest BCUT2D eigenvalue weighted by Crippen LogP contribution is 2.28. The molecule has 12 heavy (non-hydrogen) atoms. The molecule has 1 aliphatic carbocycles. The molecule has 1 unspecified atom stereocenters. The van der Waals surface area contributed by atoms with Crippen LogP contribution >= 0.6 is 0 Å². The number of hydrazine groups is 1. The molecular formula is C7H12N2O3. The standard InChI is InChI=1S/C7H12N2O3/c1-4(10)6(11)8-9-7(12)5-2-3-5/h4-5,10H,2-3H2,1H3,(H,8,11)(H,9,12). The fourth-order valence-electron chi connectivity index (χ4n) is 0.675. The second-order valence-electron chi connectivity index (χ2n) is 2.93. The summed E-state index contributed by atoms with van der Waals surface area (Å²) in [6.45, 7) is 1.33. The molecule has 68 valence electrons. The average molecular weight is 172 g/mol. The number of hydrogen-bond acceptors (Lipinski definition) is 3. The highest BCUT2D eigenvalue weighted by atomic mass is 16.3. The quantitative estimate of drug-likeness (QED) is 0.464. The van der Waals surface area contributed by atoms with Gasteiger partial charge in [-0.1, -0.05) is 0 Å². The molecule has 1 rings (SSSR count). The summed E-state index contributed by atoms with van der Waals surface area (Å²) in [7, 11) is 0. The van der Waals surface area contributed by atoms with Crippen LogP contribution in [0.15, 0.2) is 0 Å². The maximum atomic E-state index is 10.9. The summed E-state index contributed by atoms with van der Waals surface area (Å²) in [5.41, 5.74) is 4.34. The summed E-state index contributed by atoms with van der Waals surface area (Å²) in [6, 6.07) is 0. The van der Waals surface area contributed by atoms with Crippen molar-refractivity contribution in [2.75, 3.05) is 0 Å². The lowest BCUT2D eigenvalue weighted by atomic mass is 10.4. The maximum absolute atomic E-state index is 10.9. The SMILES string of the molecule is CC(O)C(=O)NNC(=O)C1CC1. The zero-order valence-electron chi connectivity index (χ0n) is 6.83. The van der Waals surface area contributed by atoms with Gasteiger partial charge in [0.25, 0.3) is 5.91 Å². The van der Waals surface area contributed by atoms with Crippen molar-refractivity contribution in [3.63, 3.8) is 0 Å². The molecule has 5 heteroatoms. The Balaban J connectivity index is 2.15. The van der Waals surface area contributed by atoms with E-state index < -0.39 is 12.0 Å². The molecule has 1 aliphatic rings. The van der Waals surface area contributed by atoms with Crippen LogP contribution in [-0.4, -0.2) is 23.0 Å². The Morgan fingerprint density at radius 1 is 1.42 bits per heavy atom. The normalized spacial score (nSPS) is 18.2. The monoisotopic (exact) mass is 172 g/mol. The van der Waals surface area contributed by atoms with Gasteiger partial charge in [-0.05, 0) is 19.8 Å². The largest absolute Gasteiger partial charge is 0.383 e. The summed E-state index contributed by atoms with van der Waals surface area (Å²) in [6.07, 6.45) is 0.678. The van der Waals surface area contributed by atoms with E-state index in [2.05, 4.69) is 10.9 Å². The number of rotatable bonds is 2. The van der Waals surface area contributed by atoms with Crippen molar-refractivity contribution in [2.45, 2.75) is 25.9 Å². The van der Waals surface area contributed by atoms with E-state index in [0.29, 0.717) is 0 Å². The first-order valence-electron chi connectivity index (χ1n) is 3.89. The van der Waals surface area contributed by atoms with Gasteiger partial charge in [-0.2, -0.15) is 0 Å². The number of hydrogen-bond donors (Lipinski definition) is 3. The number of nitrogens with one attached hydrogen (secondary N) is 2. The molecule has 0 aromatic carbocycles. The topological polar surface area (TPSA) is 78.4 Å². The lowest BCUT2D eigenvalue weighted by Crippen LogP contribution is -2.46. The van der Waals surface area contributed by atoms with Gasteiger partial charge in [0, 0.05) is 5.92 Å². The van der Waals surface area contributed by atoms with Crippen LogP contribution in [0.2, 0.25) is 0 Å². The predicted octanol–water partition coefficient (Wildman–Crippen LogP) is -1.08. The average Bonchev–Trinajstić information content (AvgIpc) is 2.81. The second kappa shape index (κ2) is 3.53. The Morgan fingerprint density at radius 3 is 2.42 bits per heavy atom. The summed E-state index contributed by atoms with van der Waals surface area (Å²) in [4.78, 5) is 21.6. The van der Waals surface area contributed by atoms with E-state index in [1.165, 1.54) is 6.92 Å². The smallest absolute Gasteiger partial charge is 0.266 e. The van der Waals surface area contributed by atoms with Crippen LogP contribution in [0.5, 0.6) is 0 Å². The van der Waals surface area contributed by atoms with Gasteiger partial charge in [-0.3, -0.25) is 20.4 Å². The van der Waals surface area contributed by atoms with Crippen LogP contribution in [-0.2, 0) is 9.59 Å². The van der Waals surface area contributed by atoms with Gasteiger partial charge in [0.05, 0.1) is 0 Å². The van der Waals surface area contributed by atoms with E-state index in [-0.39, 0.29) is 11.8 Å². The first-order valence-corrected chi connectivity index (χ1v) is 3.89.